The van der Waals surface area contributed by atoms with Gasteiger partial charge in [0.2, 0.25) is 10.0 Å². The van der Waals surface area contributed by atoms with E-state index in [-0.39, 0.29) is 28.9 Å². The Morgan fingerprint density at radius 1 is 0.829 bits per heavy atom. The maximum Gasteiger partial charge on any atom is 0.280 e. The molecule has 5 rings (SSSR count). The van der Waals surface area contributed by atoms with Gasteiger partial charge in [-0.1, -0.05) is 42.5 Å². The van der Waals surface area contributed by atoms with Gasteiger partial charge in [0.1, 0.15) is 5.69 Å². The van der Waals surface area contributed by atoms with Crippen molar-refractivity contribution in [2.45, 2.75) is 30.6 Å². The van der Waals surface area contributed by atoms with E-state index in [2.05, 4.69) is 17.1 Å². The third-order valence-corrected chi connectivity index (χ3v) is 8.77. The molecule has 2 aliphatic heterocycles. The first-order valence-electron chi connectivity index (χ1n) is 11.9. The molecule has 2 aromatic carbocycles. The molecule has 35 heavy (non-hydrogen) atoms. The molecule has 0 bridgehead atoms. The second-order valence-electron chi connectivity index (χ2n) is 9.09. The monoisotopic (exact) mass is 489 g/mol. The van der Waals surface area contributed by atoms with Crippen LogP contribution in [0.25, 0.3) is 0 Å². The molecule has 3 aromatic rings. The van der Waals surface area contributed by atoms with Crippen molar-refractivity contribution < 1.29 is 18.0 Å². The number of rotatable bonds is 7. The summed E-state index contributed by atoms with van der Waals surface area (Å²) < 4.78 is 27.9. The molecule has 1 saturated heterocycles. The van der Waals surface area contributed by atoms with Crippen molar-refractivity contribution in [3.63, 3.8) is 0 Å². The molecule has 0 atom stereocenters. The van der Waals surface area contributed by atoms with E-state index >= 15 is 0 Å². The SMILES string of the molecule is O=C1c2cccnc2C(=O)N1CCc1ccc(S(=O)(=O)N2CCC(Cc3ccccc3)CC2)cc1. The summed E-state index contributed by atoms with van der Waals surface area (Å²) in [6, 6.07) is 20.3. The normalized spacial score (nSPS) is 17.1. The number of hydrogen-bond donors (Lipinski definition) is 0. The number of nitrogens with zero attached hydrogens (tertiary/aromatic N) is 3. The Morgan fingerprint density at radius 3 is 2.23 bits per heavy atom. The first-order chi connectivity index (χ1) is 16.9. The van der Waals surface area contributed by atoms with Gasteiger partial charge in [-0.2, -0.15) is 4.31 Å². The van der Waals surface area contributed by atoms with Gasteiger partial charge in [0.15, 0.2) is 0 Å². The lowest BCUT2D eigenvalue weighted by atomic mass is 9.91. The summed E-state index contributed by atoms with van der Waals surface area (Å²) in [7, 11) is -3.55. The highest BCUT2D eigenvalue weighted by Crippen LogP contribution is 2.27. The zero-order valence-corrected chi connectivity index (χ0v) is 20.2. The number of pyridine rings is 1. The van der Waals surface area contributed by atoms with Crippen molar-refractivity contribution >= 4 is 21.8 Å². The molecule has 0 aliphatic carbocycles. The van der Waals surface area contributed by atoms with Crippen molar-refractivity contribution in [3.05, 3.63) is 95.3 Å². The van der Waals surface area contributed by atoms with Crippen LogP contribution in [0, 0.1) is 5.92 Å². The minimum atomic E-state index is -3.55. The van der Waals surface area contributed by atoms with Crippen molar-refractivity contribution in [1.29, 1.82) is 0 Å². The molecular weight excluding hydrogens is 462 g/mol. The fraction of sp³-hybridized carbons (Fsp3) is 0.296. The van der Waals surface area contributed by atoms with Crippen LogP contribution in [0.4, 0.5) is 0 Å². The van der Waals surface area contributed by atoms with Gasteiger partial charge in [-0.25, -0.2) is 8.42 Å². The molecule has 0 N–H and O–H groups in total. The molecule has 7 nitrogen and oxygen atoms in total. The minimum Gasteiger partial charge on any atom is -0.273 e. The number of amides is 2. The van der Waals surface area contributed by atoms with E-state index in [1.54, 1.807) is 40.7 Å². The summed E-state index contributed by atoms with van der Waals surface area (Å²) in [5.74, 6) is -0.239. The number of sulfonamides is 1. The number of aromatic nitrogens is 1. The lowest BCUT2D eigenvalue weighted by Crippen LogP contribution is -2.38. The third-order valence-electron chi connectivity index (χ3n) is 6.86. The maximum absolute atomic E-state index is 13.2. The Morgan fingerprint density at radius 2 is 1.54 bits per heavy atom. The van der Waals surface area contributed by atoms with E-state index in [4.69, 9.17) is 0 Å². The Labute approximate surface area is 205 Å². The number of benzene rings is 2. The zero-order chi connectivity index (χ0) is 24.4. The molecule has 1 aromatic heterocycles. The van der Waals surface area contributed by atoms with E-state index < -0.39 is 10.0 Å². The fourth-order valence-corrected chi connectivity index (χ4v) is 6.31. The highest BCUT2D eigenvalue weighted by atomic mass is 32.2. The van der Waals surface area contributed by atoms with E-state index in [0.717, 1.165) is 24.8 Å². The largest absolute Gasteiger partial charge is 0.280 e. The summed E-state index contributed by atoms with van der Waals surface area (Å²) in [5, 5.41) is 0. The fourth-order valence-electron chi connectivity index (χ4n) is 4.84. The van der Waals surface area contributed by atoms with E-state index in [1.807, 2.05) is 18.2 Å². The number of piperidine rings is 1. The van der Waals surface area contributed by atoms with Gasteiger partial charge in [-0.05, 0) is 67.0 Å². The molecule has 180 valence electrons. The van der Waals surface area contributed by atoms with Crippen molar-refractivity contribution in [1.82, 2.24) is 14.2 Å². The molecule has 2 amide bonds. The van der Waals surface area contributed by atoms with Crippen LogP contribution in [0.5, 0.6) is 0 Å². The lowest BCUT2D eigenvalue weighted by molar-refractivity contribution is 0.0654. The van der Waals surface area contributed by atoms with Gasteiger partial charge < -0.3 is 0 Å². The number of carbonyl (C=O) groups excluding carboxylic acids is 2. The summed E-state index contributed by atoms with van der Waals surface area (Å²) >= 11 is 0. The molecule has 0 unspecified atom stereocenters. The summed E-state index contributed by atoms with van der Waals surface area (Å²) in [4.78, 5) is 30.5. The Hall–Kier alpha value is -3.36. The average Bonchev–Trinajstić information content (AvgIpc) is 3.13. The smallest absolute Gasteiger partial charge is 0.273 e. The highest BCUT2D eigenvalue weighted by molar-refractivity contribution is 7.89. The second kappa shape index (κ2) is 9.71. The van der Waals surface area contributed by atoms with Gasteiger partial charge in [0, 0.05) is 25.8 Å². The molecule has 3 heterocycles. The zero-order valence-electron chi connectivity index (χ0n) is 19.3. The summed E-state index contributed by atoms with van der Waals surface area (Å²) in [5.41, 5.74) is 2.66. The van der Waals surface area contributed by atoms with Gasteiger partial charge in [-0.3, -0.25) is 19.5 Å². The molecule has 0 saturated carbocycles. The van der Waals surface area contributed by atoms with E-state index in [9.17, 15) is 18.0 Å². The second-order valence-corrected chi connectivity index (χ2v) is 11.0. The van der Waals surface area contributed by atoms with Gasteiger partial charge in [0.25, 0.3) is 11.8 Å². The van der Waals surface area contributed by atoms with Crippen LogP contribution in [0.2, 0.25) is 0 Å². The van der Waals surface area contributed by atoms with Gasteiger partial charge >= 0.3 is 0 Å². The summed E-state index contributed by atoms with van der Waals surface area (Å²) in [6.07, 6.45) is 4.62. The highest BCUT2D eigenvalue weighted by Gasteiger charge is 2.36. The Balaban J connectivity index is 1.17. The van der Waals surface area contributed by atoms with Gasteiger partial charge in [-0.15, -0.1) is 0 Å². The van der Waals surface area contributed by atoms with Crippen LogP contribution in [0.15, 0.2) is 77.8 Å². The predicted molar refractivity (Wildman–Crippen MR) is 131 cm³/mol. The summed E-state index contributed by atoms with van der Waals surface area (Å²) in [6.45, 7) is 1.26. The van der Waals surface area contributed by atoms with Crippen molar-refractivity contribution in [2.75, 3.05) is 19.6 Å². The van der Waals surface area contributed by atoms with Crippen molar-refractivity contribution in [2.24, 2.45) is 5.92 Å². The minimum absolute atomic E-state index is 0.187. The molecule has 0 spiro atoms. The molecular formula is C27H27N3O4S. The van der Waals surface area contributed by atoms with Crippen LogP contribution < -0.4 is 0 Å². The molecule has 8 heteroatoms. The third kappa shape index (κ3) is 4.76. The maximum atomic E-state index is 13.2. The van der Waals surface area contributed by atoms with Crippen LogP contribution in [-0.4, -0.2) is 54.1 Å². The van der Waals surface area contributed by atoms with E-state index in [0.29, 0.717) is 31.0 Å². The molecule has 1 fully saturated rings. The van der Waals surface area contributed by atoms with Crippen LogP contribution >= 0.6 is 0 Å². The van der Waals surface area contributed by atoms with Gasteiger partial charge in [0.05, 0.1) is 10.5 Å². The number of fused-ring (bicyclic) bond motifs is 1. The quantitative estimate of drug-likeness (QED) is 0.474. The Kier molecular flexibility index (Phi) is 6.49. The predicted octanol–water partition coefficient (Wildman–Crippen LogP) is 3.56. The molecule has 2 aliphatic rings. The molecule has 0 radical (unpaired) electrons. The van der Waals surface area contributed by atoms with E-state index in [1.165, 1.54) is 16.7 Å². The first-order valence-corrected chi connectivity index (χ1v) is 13.3. The Bertz CT molecular complexity index is 1300. The average molecular weight is 490 g/mol. The first kappa shape index (κ1) is 23.4. The number of hydrogen-bond acceptors (Lipinski definition) is 5. The van der Waals surface area contributed by atoms with Crippen LogP contribution in [0.3, 0.4) is 0 Å². The topological polar surface area (TPSA) is 87.6 Å². The number of carbonyl (C=O) groups is 2. The number of imide groups is 1. The van der Waals surface area contributed by atoms with Crippen LogP contribution in [0.1, 0.15) is 44.8 Å². The standard InChI is InChI=1S/C27H27N3O4S/c31-26-24-7-4-15-28-25(24)27(32)30(26)18-14-20-8-10-23(11-9-20)35(33,34)29-16-12-22(13-17-29)19-21-5-2-1-3-6-21/h1-11,15,22H,12-14,16-19H2. The van der Waals surface area contributed by atoms with Crippen LogP contribution in [-0.2, 0) is 22.9 Å². The lowest BCUT2D eigenvalue weighted by Gasteiger charge is -2.31. The van der Waals surface area contributed by atoms with Crippen molar-refractivity contribution in [3.8, 4) is 0 Å².